The molecule has 0 amide bonds. The van der Waals surface area contributed by atoms with Crippen LogP contribution in [-0.4, -0.2) is 11.8 Å². The van der Waals surface area contributed by atoms with Crippen molar-refractivity contribution < 1.29 is 8.78 Å². The highest BCUT2D eigenvalue weighted by molar-refractivity contribution is 7.99. The molecule has 0 aliphatic heterocycles. The fraction of sp³-hybridized carbons (Fsp3) is 0.250. The Balaban J connectivity index is 1.74. The average Bonchev–Trinajstić information content (AvgIpc) is 2.82. The molecule has 1 N–H and O–H groups in total. The van der Waals surface area contributed by atoms with Crippen molar-refractivity contribution in [1.29, 1.82) is 0 Å². The van der Waals surface area contributed by atoms with Crippen LogP contribution in [0.4, 0.5) is 14.5 Å². The van der Waals surface area contributed by atoms with Crippen molar-refractivity contribution >= 4 is 29.1 Å². The van der Waals surface area contributed by atoms with Crippen LogP contribution in [0.5, 0.6) is 0 Å². The van der Waals surface area contributed by atoms with Gasteiger partial charge >= 0.3 is 0 Å². The first-order chi connectivity index (χ1) is 10.1. The Kier molecular flexibility index (Phi) is 4.36. The van der Waals surface area contributed by atoms with Gasteiger partial charge in [0.15, 0.2) is 0 Å². The van der Waals surface area contributed by atoms with Crippen LogP contribution in [-0.2, 0) is 12.8 Å². The second-order valence-electron chi connectivity index (χ2n) is 5.04. The van der Waals surface area contributed by atoms with Crippen molar-refractivity contribution in [3.63, 3.8) is 0 Å². The highest BCUT2D eigenvalue weighted by Crippen LogP contribution is 2.34. The first-order valence-corrected chi connectivity index (χ1v) is 7.95. The van der Waals surface area contributed by atoms with Gasteiger partial charge in [-0.15, -0.1) is 0 Å². The van der Waals surface area contributed by atoms with E-state index in [-0.39, 0.29) is 6.04 Å². The molecule has 0 radical (unpaired) electrons. The molecule has 0 spiro atoms. The number of nitrogens with one attached hydrogen (secondary N) is 1. The van der Waals surface area contributed by atoms with Crippen molar-refractivity contribution in [3.05, 3.63) is 58.6 Å². The van der Waals surface area contributed by atoms with Crippen molar-refractivity contribution in [1.82, 2.24) is 0 Å². The van der Waals surface area contributed by atoms with Gasteiger partial charge in [0, 0.05) is 21.6 Å². The summed E-state index contributed by atoms with van der Waals surface area (Å²) in [6.07, 6.45) is 1.75. The maximum absolute atomic E-state index is 12.6. The molecule has 0 saturated heterocycles. The second kappa shape index (κ2) is 6.24. The number of fused-ring (bicyclic) bond motifs is 1. The molecule has 1 unspecified atom stereocenters. The summed E-state index contributed by atoms with van der Waals surface area (Å²) in [4.78, 5) is 0.585. The largest absolute Gasteiger partial charge is 0.381 e. The summed E-state index contributed by atoms with van der Waals surface area (Å²) >= 11 is 6.58. The molecule has 2 aromatic carbocycles. The van der Waals surface area contributed by atoms with Gasteiger partial charge in [0.05, 0.1) is 0 Å². The van der Waals surface area contributed by atoms with E-state index in [4.69, 9.17) is 11.6 Å². The summed E-state index contributed by atoms with van der Waals surface area (Å²) in [6, 6.07) is 13.3. The van der Waals surface area contributed by atoms with Gasteiger partial charge in [0.2, 0.25) is 0 Å². The van der Waals surface area contributed by atoms with Gasteiger partial charge in [-0.1, -0.05) is 41.6 Å². The Morgan fingerprint density at radius 2 is 1.86 bits per heavy atom. The molecule has 1 aliphatic rings. The third kappa shape index (κ3) is 3.50. The first kappa shape index (κ1) is 14.7. The van der Waals surface area contributed by atoms with E-state index < -0.39 is 5.76 Å². The van der Waals surface area contributed by atoms with Gasteiger partial charge in [-0.2, -0.15) is 8.78 Å². The minimum Gasteiger partial charge on any atom is -0.381 e. The highest BCUT2D eigenvalue weighted by Gasteiger charge is 2.22. The van der Waals surface area contributed by atoms with Gasteiger partial charge in [-0.25, -0.2) is 0 Å². The van der Waals surface area contributed by atoms with E-state index in [0.29, 0.717) is 16.7 Å². The minimum atomic E-state index is -2.41. The molecule has 0 heterocycles. The van der Waals surface area contributed by atoms with Crippen LogP contribution in [0.1, 0.15) is 11.1 Å². The molecular formula is C16H14ClF2NS. The zero-order valence-electron chi connectivity index (χ0n) is 11.2. The van der Waals surface area contributed by atoms with E-state index in [0.717, 1.165) is 23.6 Å². The van der Waals surface area contributed by atoms with Crippen LogP contribution in [0.3, 0.4) is 0 Å². The number of alkyl halides is 2. The molecule has 110 valence electrons. The highest BCUT2D eigenvalue weighted by atomic mass is 35.5. The zero-order chi connectivity index (χ0) is 14.8. The Morgan fingerprint density at radius 3 is 2.67 bits per heavy atom. The Bertz CT molecular complexity index is 648. The Morgan fingerprint density at radius 1 is 1.10 bits per heavy atom. The first-order valence-electron chi connectivity index (χ1n) is 6.69. The number of hydrogen-bond acceptors (Lipinski definition) is 2. The SMILES string of the molecule is FC(F)Sc1ccccc1NC1Cc2ccc(Cl)cc2C1. The summed E-state index contributed by atoms with van der Waals surface area (Å²) in [7, 11) is 0. The third-order valence-corrected chi connectivity index (χ3v) is 4.59. The molecule has 1 aliphatic carbocycles. The van der Waals surface area contributed by atoms with E-state index in [1.165, 1.54) is 11.1 Å². The predicted octanol–water partition coefficient (Wildman–Crippen LogP) is 5.23. The average molecular weight is 326 g/mol. The molecule has 0 aromatic heterocycles. The quantitative estimate of drug-likeness (QED) is 0.772. The van der Waals surface area contributed by atoms with Gasteiger partial charge in [0.25, 0.3) is 5.76 Å². The smallest absolute Gasteiger partial charge is 0.288 e. The van der Waals surface area contributed by atoms with E-state index in [1.54, 1.807) is 12.1 Å². The minimum absolute atomic E-state index is 0.220. The standard InChI is InChI=1S/C16H14ClF2NS/c17-12-6-5-10-8-13(9-11(10)7-12)20-14-3-1-2-4-15(14)21-16(18)19/h1-7,13,16,20H,8-9H2. The third-order valence-electron chi connectivity index (χ3n) is 3.56. The molecule has 0 bridgehead atoms. The second-order valence-corrected chi connectivity index (χ2v) is 6.51. The molecule has 5 heteroatoms. The zero-order valence-corrected chi connectivity index (χ0v) is 12.7. The van der Waals surface area contributed by atoms with Gasteiger partial charge < -0.3 is 5.32 Å². The monoisotopic (exact) mass is 325 g/mol. The van der Waals surface area contributed by atoms with Crippen molar-refractivity contribution in [3.8, 4) is 0 Å². The van der Waals surface area contributed by atoms with Crippen LogP contribution in [0, 0.1) is 0 Å². The van der Waals surface area contributed by atoms with Gasteiger partial charge in [0.1, 0.15) is 0 Å². The van der Waals surface area contributed by atoms with E-state index in [9.17, 15) is 8.78 Å². The van der Waals surface area contributed by atoms with Gasteiger partial charge in [-0.3, -0.25) is 0 Å². The molecule has 0 saturated carbocycles. The van der Waals surface area contributed by atoms with Crippen LogP contribution < -0.4 is 5.32 Å². The summed E-state index contributed by atoms with van der Waals surface area (Å²) in [5.74, 6) is -2.41. The lowest BCUT2D eigenvalue weighted by Crippen LogP contribution is -2.19. The summed E-state index contributed by atoms with van der Waals surface area (Å²) in [5, 5.41) is 4.12. The van der Waals surface area contributed by atoms with E-state index in [2.05, 4.69) is 5.32 Å². The fourth-order valence-electron chi connectivity index (χ4n) is 2.69. The van der Waals surface area contributed by atoms with Crippen LogP contribution >= 0.6 is 23.4 Å². The molecule has 21 heavy (non-hydrogen) atoms. The maximum atomic E-state index is 12.6. The van der Waals surface area contributed by atoms with Crippen LogP contribution in [0.15, 0.2) is 47.4 Å². The number of halogens is 3. The van der Waals surface area contributed by atoms with E-state index in [1.807, 2.05) is 30.3 Å². The number of thioether (sulfide) groups is 1. The number of benzene rings is 2. The van der Waals surface area contributed by atoms with Crippen molar-refractivity contribution in [2.75, 3.05) is 5.32 Å². The summed E-state index contributed by atoms with van der Waals surface area (Å²) in [5.41, 5.74) is 3.28. The van der Waals surface area contributed by atoms with Crippen molar-refractivity contribution in [2.45, 2.75) is 29.5 Å². The molecule has 1 atom stereocenters. The molecule has 2 aromatic rings. The van der Waals surface area contributed by atoms with E-state index >= 15 is 0 Å². The number of anilines is 1. The van der Waals surface area contributed by atoms with Crippen LogP contribution in [0.25, 0.3) is 0 Å². The lowest BCUT2D eigenvalue weighted by atomic mass is 10.1. The van der Waals surface area contributed by atoms with Gasteiger partial charge in [-0.05, 0) is 48.2 Å². The van der Waals surface area contributed by atoms with Crippen LogP contribution in [0.2, 0.25) is 5.02 Å². The topological polar surface area (TPSA) is 12.0 Å². The van der Waals surface area contributed by atoms with Crippen molar-refractivity contribution in [2.24, 2.45) is 0 Å². The molecule has 1 nitrogen and oxygen atoms in total. The predicted molar refractivity (Wildman–Crippen MR) is 84.6 cm³/mol. The lowest BCUT2D eigenvalue weighted by Gasteiger charge is -2.16. The normalized spacial score (nSPS) is 17.0. The number of hydrogen-bond donors (Lipinski definition) is 1. The molecule has 0 fully saturated rings. The maximum Gasteiger partial charge on any atom is 0.288 e. The number of para-hydroxylation sites is 1. The lowest BCUT2D eigenvalue weighted by molar-refractivity contribution is 0.252. The Labute approximate surface area is 131 Å². The number of rotatable bonds is 4. The summed E-state index contributed by atoms with van der Waals surface area (Å²) in [6.45, 7) is 0. The summed E-state index contributed by atoms with van der Waals surface area (Å²) < 4.78 is 25.2. The Hall–Kier alpha value is -1.26. The fourth-order valence-corrected chi connectivity index (χ4v) is 3.49. The molecule has 3 rings (SSSR count). The molecular weight excluding hydrogens is 312 g/mol.